The van der Waals surface area contributed by atoms with Crippen molar-refractivity contribution in [3.63, 3.8) is 0 Å². The van der Waals surface area contributed by atoms with Crippen LogP contribution in [0.3, 0.4) is 0 Å². The molecule has 2 aliphatic heterocycles. The summed E-state index contributed by atoms with van der Waals surface area (Å²) >= 11 is 0. The molecule has 2 heterocycles. The van der Waals surface area contributed by atoms with E-state index in [0.29, 0.717) is 32.5 Å². The minimum atomic E-state index is -0.731. The second-order valence-corrected chi connectivity index (χ2v) is 6.30. The number of nitrogens with one attached hydrogen (secondary N) is 1. The number of hydrogen-bond donors (Lipinski definition) is 2. The first-order valence-electron chi connectivity index (χ1n) is 8.59. The van der Waals surface area contributed by atoms with Crippen LogP contribution in [0.15, 0.2) is 30.3 Å². The molecule has 1 aromatic rings. The molecule has 6 nitrogen and oxygen atoms in total. The number of rotatable bonds is 5. The molecule has 0 unspecified atom stereocenters. The lowest BCUT2D eigenvalue weighted by atomic mass is 9.88. The van der Waals surface area contributed by atoms with E-state index in [1.807, 2.05) is 30.3 Å². The van der Waals surface area contributed by atoms with E-state index < -0.39 is 11.8 Å². The average Bonchev–Trinajstić information content (AvgIpc) is 2.63. The molecule has 0 aromatic heterocycles. The van der Waals surface area contributed by atoms with Crippen LogP contribution in [0.2, 0.25) is 0 Å². The van der Waals surface area contributed by atoms with E-state index in [2.05, 4.69) is 5.32 Å². The highest BCUT2D eigenvalue weighted by Crippen LogP contribution is 2.38. The van der Waals surface area contributed by atoms with Gasteiger partial charge < -0.3 is 19.3 Å². The maximum atomic E-state index is 12.4. The van der Waals surface area contributed by atoms with Crippen LogP contribution in [0, 0.1) is 0 Å². The molecular formula is C18H25NO5. The fourth-order valence-corrected chi connectivity index (χ4v) is 3.31. The Kier molecular flexibility index (Phi) is 5.84. The molecule has 2 saturated heterocycles. The Morgan fingerprint density at radius 2 is 2.00 bits per heavy atom. The van der Waals surface area contributed by atoms with E-state index in [1.54, 1.807) is 0 Å². The summed E-state index contributed by atoms with van der Waals surface area (Å²) in [6.45, 7) is 1.52. The van der Waals surface area contributed by atoms with Gasteiger partial charge in [0, 0.05) is 31.9 Å². The number of aliphatic hydroxyl groups excluding tert-OH is 1. The molecule has 0 saturated carbocycles. The van der Waals surface area contributed by atoms with E-state index in [1.165, 1.54) is 0 Å². The molecular weight excluding hydrogens is 310 g/mol. The summed E-state index contributed by atoms with van der Waals surface area (Å²) in [5.41, 5.74) is 1.10. The second kappa shape index (κ2) is 8.07. The van der Waals surface area contributed by atoms with Crippen LogP contribution in [0.25, 0.3) is 0 Å². The molecule has 2 atom stereocenters. The number of piperidine rings is 1. The third-order valence-corrected chi connectivity index (χ3v) is 4.48. The number of ether oxygens (including phenoxy) is 3. The molecule has 2 N–H and O–H groups in total. The van der Waals surface area contributed by atoms with Crippen molar-refractivity contribution in [1.29, 1.82) is 0 Å². The summed E-state index contributed by atoms with van der Waals surface area (Å²) in [5.74, 6) is -1.05. The van der Waals surface area contributed by atoms with Crippen molar-refractivity contribution in [2.45, 2.75) is 43.6 Å². The highest BCUT2D eigenvalue weighted by Gasteiger charge is 2.46. The number of carbonyl (C=O) groups excluding carboxylic acids is 1. The van der Waals surface area contributed by atoms with Crippen LogP contribution >= 0.6 is 0 Å². The molecule has 1 aromatic carbocycles. The van der Waals surface area contributed by atoms with E-state index in [-0.39, 0.29) is 25.2 Å². The highest BCUT2D eigenvalue weighted by molar-refractivity contribution is 5.76. The topological polar surface area (TPSA) is 77.0 Å². The lowest BCUT2D eigenvalue weighted by Crippen LogP contribution is -2.56. The smallest absolute Gasteiger partial charge is 0.323 e. The first-order chi connectivity index (χ1) is 11.7. The van der Waals surface area contributed by atoms with E-state index in [4.69, 9.17) is 19.3 Å². The van der Waals surface area contributed by atoms with Crippen LogP contribution in [0.1, 0.15) is 37.3 Å². The first-order valence-corrected chi connectivity index (χ1v) is 8.59. The molecule has 2 aliphatic rings. The van der Waals surface area contributed by atoms with Gasteiger partial charge in [-0.3, -0.25) is 10.1 Å². The summed E-state index contributed by atoms with van der Waals surface area (Å²) in [5, 5.41) is 12.2. The third-order valence-electron chi connectivity index (χ3n) is 4.48. The Labute approximate surface area is 142 Å². The number of carbonyl (C=O) groups is 1. The number of benzene rings is 1. The Morgan fingerprint density at radius 3 is 2.71 bits per heavy atom. The lowest BCUT2D eigenvalue weighted by molar-refractivity contribution is -0.286. The monoisotopic (exact) mass is 335 g/mol. The van der Waals surface area contributed by atoms with Crippen molar-refractivity contribution in [3.8, 4) is 0 Å². The summed E-state index contributed by atoms with van der Waals surface area (Å²) < 4.78 is 17.2. The predicted octanol–water partition coefficient (Wildman–Crippen LogP) is 1.54. The number of esters is 1. The van der Waals surface area contributed by atoms with Gasteiger partial charge in [-0.05, 0) is 12.0 Å². The largest absolute Gasteiger partial charge is 0.464 e. The van der Waals surface area contributed by atoms with Crippen molar-refractivity contribution < 1.29 is 24.1 Å². The van der Waals surface area contributed by atoms with Gasteiger partial charge in [0.1, 0.15) is 6.04 Å². The SMILES string of the molecule is O=C(OCCCO)[C@@H]1CC2(C[C@H](c3ccccc3)N1)OCCCO2. The lowest BCUT2D eigenvalue weighted by Gasteiger charge is -2.45. The van der Waals surface area contributed by atoms with E-state index >= 15 is 0 Å². The highest BCUT2D eigenvalue weighted by atomic mass is 16.7. The molecule has 3 rings (SSSR count). The summed E-state index contributed by atoms with van der Waals surface area (Å²) in [7, 11) is 0. The standard InChI is InChI=1S/C18H25NO5/c20-8-4-9-22-17(21)16-13-18(23-10-5-11-24-18)12-15(19-16)14-6-2-1-3-7-14/h1-3,6-7,15-16,19-20H,4-5,8-13H2/t15-,16+/m1/s1. The zero-order valence-electron chi connectivity index (χ0n) is 13.8. The Balaban J connectivity index is 1.74. The predicted molar refractivity (Wildman–Crippen MR) is 87.3 cm³/mol. The van der Waals surface area contributed by atoms with Gasteiger partial charge in [-0.25, -0.2) is 0 Å². The molecule has 24 heavy (non-hydrogen) atoms. The van der Waals surface area contributed by atoms with Gasteiger partial charge in [-0.2, -0.15) is 0 Å². The molecule has 0 aliphatic carbocycles. The minimum absolute atomic E-state index is 0.00811. The molecule has 0 bridgehead atoms. The van der Waals surface area contributed by atoms with Crippen LogP contribution in [0.5, 0.6) is 0 Å². The fraction of sp³-hybridized carbons (Fsp3) is 0.611. The molecule has 6 heteroatoms. The van der Waals surface area contributed by atoms with E-state index in [0.717, 1.165) is 12.0 Å². The van der Waals surface area contributed by atoms with Gasteiger partial charge in [0.15, 0.2) is 5.79 Å². The van der Waals surface area contributed by atoms with Gasteiger partial charge in [-0.1, -0.05) is 30.3 Å². The Morgan fingerprint density at radius 1 is 1.25 bits per heavy atom. The third kappa shape index (κ3) is 4.13. The normalized spacial score (nSPS) is 26.2. The van der Waals surface area contributed by atoms with E-state index in [9.17, 15) is 4.79 Å². The minimum Gasteiger partial charge on any atom is -0.464 e. The van der Waals surface area contributed by atoms with Gasteiger partial charge in [0.05, 0.1) is 19.8 Å². The van der Waals surface area contributed by atoms with Crippen molar-refractivity contribution in [3.05, 3.63) is 35.9 Å². The second-order valence-electron chi connectivity index (χ2n) is 6.30. The Bertz CT molecular complexity index is 529. The van der Waals surface area contributed by atoms with Crippen molar-refractivity contribution >= 4 is 5.97 Å². The molecule has 132 valence electrons. The summed E-state index contributed by atoms with van der Waals surface area (Å²) in [6, 6.07) is 9.48. The molecule has 0 amide bonds. The van der Waals surface area contributed by atoms with Crippen LogP contribution < -0.4 is 5.32 Å². The maximum Gasteiger partial charge on any atom is 0.323 e. The average molecular weight is 335 g/mol. The maximum absolute atomic E-state index is 12.4. The van der Waals surface area contributed by atoms with Crippen LogP contribution in [0.4, 0.5) is 0 Å². The Hall–Kier alpha value is -1.47. The quantitative estimate of drug-likeness (QED) is 0.628. The first kappa shape index (κ1) is 17.4. The summed E-state index contributed by atoms with van der Waals surface area (Å²) in [6.07, 6.45) is 2.42. The number of hydrogen-bond acceptors (Lipinski definition) is 6. The van der Waals surface area contributed by atoms with Crippen LogP contribution in [-0.4, -0.2) is 49.3 Å². The molecule has 2 fully saturated rings. The fourth-order valence-electron chi connectivity index (χ4n) is 3.31. The van der Waals surface area contributed by atoms with Gasteiger partial charge in [0.2, 0.25) is 0 Å². The molecule has 1 spiro atoms. The van der Waals surface area contributed by atoms with Crippen molar-refractivity contribution in [2.75, 3.05) is 26.4 Å². The van der Waals surface area contributed by atoms with Crippen molar-refractivity contribution in [1.82, 2.24) is 5.32 Å². The number of aliphatic hydroxyl groups is 1. The van der Waals surface area contributed by atoms with Gasteiger partial charge in [0.25, 0.3) is 0 Å². The van der Waals surface area contributed by atoms with Crippen molar-refractivity contribution in [2.24, 2.45) is 0 Å². The van der Waals surface area contributed by atoms with Gasteiger partial charge >= 0.3 is 5.97 Å². The zero-order valence-corrected chi connectivity index (χ0v) is 13.8. The zero-order chi connectivity index (χ0) is 16.8. The van der Waals surface area contributed by atoms with Crippen LogP contribution in [-0.2, 0) is 19.0 Å². The summed E-state index contributed by atoms with van der Waals surface area (Å²) in [4.78, 5) is 12.4. The molecule has 0 radical (unpaired) electrons. The van der Waals surface area contributed by atoms with Gasteiger partial charge in [-0.15, -0.1) is 0 Å².